The second-order valence-corrected chi connectivity index (χ2v) is 3.79. The zero-order chi connectivity index (χ0) is 10.6. The van der Waals surface area contributed by atoms with Crippen molar-refractivity contribution in [2.24, 2.45) is 5.73 Å². The summed E-state index contributed by atoms with van der Waals surface area (Å²) < 4.78 is 0. The predicted octanol–water partition coefficient (Wildman–Crippen LogP) is -0.756. The van der Waals surface area contributed by atoms with E-state index in [4.69, 9.17) is 5.73 Å². The third kappa shape index (κ3) is 2.85. The molecule has 1 rings (SSSR count). The number of nitrogens with zero attached hydrogens (tertiary/aromatic N) is 3. The average molecular weight is 200 g/mol. The molecule has 2 N–H and O–H groups in total. The van der Waals surface area contributed by atoms with Crippen LogP contribution in [-0.2, 0) is 0 Å². The van der Waals surface area contributed by atoms with Gasteiger partial charge in [0.2, 0.25) is 0 Å². The van der Waals surface area contributed by atoms with E-state index in [2.05, 4.69) is 4.90 Å². The molecule has 0 aromatic carbocycles. The van der Waals surface area contributed by atoms with E-state index in [-0.39, 0.29) is 6.03 Å². The molecule has 82 valence electrons. The van der Waals surface area contributed by atoms with Crippen molar-refractivity contribution in [3.05, 3.63) is 0 Å². The van der Waals surface area contributed by atoms with Crippen molar-refractivity contribution in [2.45, 2.75) is 0 Å². The van der Waals surface area contributed by atoms with E-state index < -0.39 is 0 Å². The van der Waals surface area contributed by atoms with E-state index in [0.717, 1.165) is 32.7 Å². The van der Waals surface area contributed by atoms with Gasteiger partial charge in [-0.1, -0.05) is 0 Å². The molecule has 1 fully saturated rings. The highest BCUT2D eigenvalue weighted by atomic mass is 16.2. The number of hydrogen-bond donors (Lipinski definition) is 1. The molecule has 0 aliphatic carbocycles. The fourth-order valence-corrected chi connectivity index (χ4v) is 1.63. The van der Waals surface area contributed by atoms with Crippen LogP contribution in [0.5, 0.6) is 0 Å². The first kappa shape index (κ1) is 11.3. The first-order chi connectivity index (χ1) is 6.65. The van der Waals surface area contributed by atoms with Gasteiger partial charge in [0, 0.05) is 53.4 Å². The molecule has 1 saturated heterocycles. The van der Waals surface area contributed by atoms with Crippen LogP contribution in [0.4, 0.5) is 4.79 Å². The van der Waals surface area contributed by atoms with E-state index in [1.54, 1.807) is 19.0 Å². The van der Waals surface area contributed by atoms with E-state index in [1.165, 1.54) is 0 Å². The highest BCUT2D eigenvalue weighted by Crippen LogP contribution is 2.03. The minimum Gasteiger partial charge on any atom is -0.331 e. The molecule has 0 atom stereocenters. The number of hydrogen-bond acceptors (Lipinski definition) is 3. The summed E-state index contributed by atoms with van der Waals surface area (Å²) in [6, 6.07) is 0.109. The average Bonchev–Trinajstić information content (AvgIpc) is 2.18. The lowest BCUT2D eigenvalue weighted by Crippen LogP contribution is -2.52. The van der Waals surface area contributed by atoms with Crippen molar-refractivity contribution < 1.29 is 4.79 Å². The van der Waals surface area contributed by atoms with E-state index in [0.29, 0.717) is 6.54 Å². The molecule has 5 heteroatoms. The quantitative estimate of drug-likeness (QED) is 0.638. The van der Waals surface area contributed by atoms with Crippen LogP contribution in [0.2, 0.25) is 0 Å². The first-order valence-corrected chi connectivity index (χ1v) is 5.04. The molecule has 2 amide bonds. The summed E-state index contributed by atoms with van der Waals surface area (Å²) in [7, 11) is 3.57. The van der Waals surface area contributed by atoms with Crippen molar-refractivity contribution in [3.8, 4) is 0 Å². The molecule has 0 aromatic heterocycles. The summed E-state index contributed by atoms with van der Waals surface area (Å²) in [6.07, 6.45) is 0. The van der Waals surface area contributed by atoms with E-state index >= 15 is 0 Å². The minimum absolute atomic E-state index is 0.109. The molecular weight excluding hydrogens is 180 g/mol. The number of amides is 2. The highest BCUT2D eigenvalue weighted by molar-refractivity contribution is 5.73. The summed E-state index contributed by atoms with van der Waals surface area (Å²) in [6.45, 7) is 5.15. The Balaban J connectivity index is 2.32. The van der Waals surface area contributed by atoms with Gasteiger partial charge in [0.1, 0.15) is 0 Å². The fourth-order valence-electron chi connectivity index (χ4n) is 1.63. The van der Waals surface area contributed by atoms with Crippen LogP contribution in [-0.4, -0.2) is 74.1 Å². The molecule has 1 aliphatic rings. The lowest BCUT2D eigenvalue weighted by molar-refractivity contribution is 0.125. The van der Waals surface area contributed by atoms with Gasteiger partial charge in [-0.2, -0.15) is 0 Å². The molecule has 0 radical (unpaired) electrons. The molecule has 0 saturated carbocycles. The zero-order valence-electron chi connectivity index (χ0n) is 9.07. The van der Waals surface area contributed by atoms with Gasteiger partial charge in [-0.25, -0.2) is 4.79 Å². The SMILES string of the molecule is CN(C)C(=O)N1CCN(CCN)CC1. The maximum absolute atomic E-state index is 11.6. The Morgan fingerprint density at radius 1 is 1.29 bits per heavy atom. The molecule has 1 aliphatic heterocycles. The largest absolute Gasteiger partial charge is 0.331 e. The summed E-state index contributed by atoms with van der Waals surface area (Å²) in [5.74, 6) is 0. The van der Waals surface area contributed by atoms with Crippen molar-refractivity contribution in [2.75, 3.05) is 53.4 Å². The fraction of sp³-hybridized carbons (Fsp3) is 0.889. The van der Waals surface area contributed by atoms with Crippen molar-refractivity contribution in [3.63, 3.8) is 0 Å². The molecule has 1 heterocycles. The van der Waals surface area contributed by atoms with Crippen molar-refractivity contribution in [1.82, 2.24) is 14.7 Å². The summed E-state index contributed by atoms with van der Waals surface area (Å²) in [5, 5.41) is 0. The maximum Gasteiger partial charge on any atom is 0.319 e. The number of nitrogens with two attached hydrogens (primary N) is 1. The Morgan fingerprint density at radius 3 is 2.29 bits per heavy atom. The predicted molar refractivity (Wildman–Crippen MR) is 56.2 cm³/mol. The van der Waals surface area contributed by atoms with Crippen LogP contribution < -0.4 is 5.73 Å². The van der Waals surface area contributed by atoms with Crippen LogP contribution >= 0.6 is 0 Å². The minimum atomic E-state index is 0.109. The van der Waals surface area contributed by atoms with Gasteiger partial charge < -0.3 is 15.5 Å². The highest BCUT2D eigenvalue weighted by Gasteiger charge is 2.21. The number of rotatable bonds is 2. The standard InChI is InChI=1S/C9H20N4O/c1-11(2)9(14)13-7-5-12(4-3-10)6-8-13/h3-8,10H2,1-2H3. The van der Waals surface area contributed by atoms with Crippen LogP contribution in [0.3, 0.4) is 0 Å². The lowest BCUT2D eigenvalue weighted by Gasteiger charge is -2.35. The molecule has 0 spiro atoms. The maximum atomic E-state index is 11.6. The lowest BCUT2D eigenvalue weighted by atomic mass is 10.3. The third-order valence-electron chi connectivity index (χ3n) is 2.47. The topological polar surface area (TPSA) is 52.8 Å². The van der Waals surface area contributed by atoms with Gasteiger partial charge in [-0.3, -0.25) is 4.90 Å². The Labute approximate surface area is 85.4 Å². The van der Waals surface area contributed by atoms with Gasteiger partial charge in [-0.15, -0.1) is 0 Å². The van der Waals surface area contributed by atoms with Gasteiger partial charge in [0.05, 0.1) is 0 Å². The number of piperazine rings is 1. The van der Waals surface area contributed by atoms with Crippen LogP contribution in [0.25, 0.3) is 0 Å². The number of carbonyl (C=O) groups is 1. The molecule has 5 nitrogen and oxygen atoms in total. The van der Waals surface area contributed by atoms with Gasteiger partial charge in [0.25, 0.3) is 0 Å². The number of carbonyl (C=O) groups excluding carboxylic acids is 1. The molecule has 0 aromatic rings. The van der Waals surface area contributed by atoms with Crippen LogP contribution in [0.15, 0.2) is 0 Å². The first-order valence-electron chi connectivity index (χ1n) is 5.04. The Hall–Kier alpha value is -0.810. The second kappa shape index (κ2) is 5.17. The third-order valence-corrected chi connectivity index (χ3v) is 2.47. The summed E-state index contributed by atoms with van der Waals surface area (Å²) in [4.78, 5) is 17.4. The van der Waals surface area contributed by atoms with Gasteiger partial charge in [0.15, 0.2) is 0 Å². The van der Waals surface area contributed by atoms with E-state index in [9.17, 15) is 4.79 Å². The molecule has 0 bridgehead atoms. The van der Waals surface area contributed by atoms with Crippen LogP contribution in [0.1, 0.15) is 0 Å². The Kier molecular flexibility index (Phi) is 4.16. The van der Waals surface area contributed by atoms with E-state index in [1.807, 2.05) is 4.90 Å². The van der Waals surface area contributed by atoms with Gasteiger partial charge >= 0.3 is 6.03 Å². The van der Waals surface area contributed by atoms with Crippen molar-refractivity contribution >= 4 is 6.03 Å². The number of urea groups is 1. The summed E-state index contributed by atoms with van der Waals surface area (Å²) >= 11 is 0. The van der Waals surface area contributed by atoms with Crippen molar-refractivity contribution in [1.29, 1.82) is 0 Å². The summed E-state index contributed by atoms with van der Waals surface area (Å²) in [5.41, 5.74) is 5.47. The Morgan fingerprint density at radius 2 is 1.86 bits per heavy atom. The molecule has 0 unspecified atom stereocenters. The molecular formula is C9H20N4O. The second-order valence-electron chi connectivity index (χ2n) is 3.79. The monoisotopic (exact) mass is 200 g/mol. The van der Waals surface area contributed by atoms with Gasteiger partial charge in [-0.05, 0) is 0 Å². The smallest absolute Gasteiger partial charge is 0.319 e. The zero-order valence-corrected chi connectivity index (χ0v) is 9.07. The molecule has 14 heavy (non-hydrogen) atoms. The Bertz CT molecular complexity index is 187. The van der Waals surface area contributed by atoms with Crippen LogP contribution in [0, 0.1) is 0 Å². The normalized spacial score (nSPS) is 18.4.